The van der Waals surface area contributed by atoms with E-state index in [1.807, 2.05) is 30.3 Å². The zero-order valence-corrected chi connectivity index (χ0v) is 10.7. The van der Waals surface area contributed by atoms with Gasteiger partial charge in [0.05, 0.1) is 6.61 Å². The fourth-order valence-corrected chi connectivity index (χ4v) is 2.63. The standard InChI is InChI=1S/C14H17NOS/c1-11-7-8-14(17-11)12(9-15)10-16-13-5-3-2-4-6-13/h2-8,12H,9-10,15H2,1H3. The summed E-state index contributed by atoms with van der Waals surface area (Å²) in [7, 11) is 0. The predicted molar refractivity (Wildman–Crippen MR) is 72.8 cm³/mol. The van der Waals surface area contributed by atoms with Crippen molar-refractivity contribution >= 4 is 11.3 Å². The van der Waals surface area contributed by atoms with Crippen LogP contribution in [0.4, 0.5) is 0 Å². The Morgan fingerprint density at radius 1 is 1.18 bits per heavy atom. The number of hydrogen-bond acceptors (Lipinski definition) is 3. The van der Waals surface area contributed by atoms with Gasteiger partial charge >= 0.3 is 0 Å². The number of nitrogens with two attached hydrogens (primary N) is 1. The molecule has 1 aromatic carbocycles. The monoisotopic (exact) mass is 247 g/mol. The maximum Gasteiger partial charge on any atom is 0.119 e. The second-order valence-corrected chi connectivity index (χ2v) is 5.32. The van der Waals surface area contributed by atoms with Crippen molar-refractivity contribution in [1.29, 1.82) is 0 Å². The van der Waals surface area contributed by atoms with Crippen LogP contribution in [0.25, 0.3) is 0 Å². The van der Waals surface area contributed by atoms with Gasteiger partial charge in [-0.2, -0.15) is 0 Å². The van der Waals surface area contributed by atoms with Crippen LogP contribution < -0.4 is 10.5 Å². The van der Waals surface area contributed by atoms with Crippen molar-refractivity contribution in [2.24, 2.45) is 5.73 Å². The van der Waals surface area contributed by atoms with Crippen LogP contribution in [0.1, 0.15) is 15.7 Å². The van der Waals surface area contributed by atoms with Crippen LogP contribution in [0, 0.1) is 6.92 Å². The molecule has 0 spiro atoms. The van der Waals surface area contributed by atoms with E-state index in [1.165, 1.54) is 9.75 Å². The summed E-state index contributed by atoms with van der Waals surface area (Å²) < 4.78 is 5.75. The minimum absolute atomic E-state index is 0.286. The van der Waals surface area contributed by atoms with Gasteiger partial charge in [0.2, 0.25) is 0 Å². The first kappa shape index (κ1) is 12.1. The van der Waals surface area contributed by atoms with Gasteiger partial charge in [-0.15, -0.1) is 11.3 Å². The first-order valence-electron chi connectivity index (χ1n) is 5.74. The molecular weight excluding hydrogens is 230 g/mol. The Morgan fingerprint density at radius 2 is 1.94 bits per heavy atom. The number of benzene rings is 1. The van der Waals surface area contributed by atoms with Crippen molar-refractivity contribution in [3.8, 4) is 5.75 Å². The molecule has 3 heteroatoms. The van der Waals surface area contributed by atoms with Crippen LogP contribution in [-0.4, -0.2) is 13.2 Å². The molecule has 0 aliphatic heterocycles. The molecule has 0 aliphatic carbocycles. The Bertz CT molecular complexity index is 452. The number of ether oxygens (including phenoxy) is 1. The molecule has 17 heavy (non-hydrogen) atoms. The Labute approximate surface area is 106 Å². The molecule has 1 heterocycles. The summed E-state index contributed by atoms with van der Waals surface area (Å²) >= 11 is 1.80. The lowest BCUT2D eigenvalue weighted by Gasteiger charge is -2.14. The number of thiophene rings is 1. The lowest BCUT2D eigenvalue weighted by Crippen LogP contribution is -2.18. The zero-order chi connectivity index (χ0) is 12.1. The molecule has 2 aromatic rings. The van der Waals surface area contributed by atoms with Crippen molar-refractivity contribution in [3.63, 3.8) is 0 Å². The third-order valence-corrected chi connectivity index (χ3v) is 3.81. The highest BCUT2D eigenvalue weighted by atomic mass is 32.1. The summed E-state index contributed by atoms with van der Waals surface area (Å²) in [5.74, 6) is 1.19. The van der Waals surface area contributed by atoms with Gasteiger partial charge in [-0.1, -0.05) is 18.2 Å². The predicted octanol–water partition coefficient (Wildman–Crippen LogP) is 3.18. The van der Waals surface area contributed by atoms with Crippen LogP contribution >= 0.6 is 11.3 Å². The number of rotatable bonds is 5. The van der Waals surface area contributed by atoms with Crippen molar-refractivity contribution in [2.75, 3.05) is 13.2 Å². The fraction of sp³-hybridized carbons (Fsp3) is 0.286. The molecule has 0 saturated carbocycles. The normalized spacial score (nSPS) is 12.4. The number of aryl methyl sites for hydroxylation is 1. The molecule has 0 aliphatic rings. The molecule has 1 unspecified atom stereocenters. The molecule has 1 aromatic heterocycles. The third-order valence-electron chi connectivity index (χ3n) is 2.64. The number of hydrogen-bond donors (Lipinski definition) is 1. The maximum atomic E-state index is 5.80. The molecule has 1 atom stereocenters. The molecule has 2 rings (SSSR count). The molecule has 90 valence electrons. The Kier molecular flexibility index (Phi) is 4.18. The van der Waals surface area contributed by atoms with Gasteiger partial charge in [-0.3, -0.25) is 0 Å². The van der Waals surface area contributed by atoms with Gasteiger partial charge in [0.25, 0.3) is 0 Å². The highest BCUT2D eigenvalue weighted by Crippen LogP contribution is 2.24. The van der Waals surface area contributed by atoms with Gasteiger partial charge in [-0.25, -0.2) is 0 Å². The van der Waals surface area contributed by atoms with Crippen LogP contribution in [0.2, 0.25) is 0 Å². The smallest absolute Gasteiger partial charge is 0.119 e. The second-order valence-electron chi connectivity index (χ2n) is 4.01. The van der Waals surface area contributed by atoms with Crippen LogP contribution in [0.15, 0.2) is 42.5 Å². The largest absolute Gasteiger partial charge is 0.493 e. The highest BCUT2D eigenvalue weighted by molar-refractivity contribution is 7.12. The first-order chi connectivity index (χ1) is 8.29. The zero-order valence-electron chi connectivity index (χ0n) is 9.93. The van der Waals surface area contributed by atoms with E-state index in [0.717, 1.165) is 5.75 Å². The summed E-state index contributed by atoms with van der Waals surface area (Å²) in [6, 6.07) is 14.1. The van der Waals surface area contributed by atoms with E-state index in [-0.39, 0.29) is 5.92 Å². The van der Waals surface area contributed by atoms with E-state index < -0.39 is 0 Å². The van der Waals surface area contributed by atoms with Crippen LogP contribution in [0.5, 0.6) is 5.75 Å². The Morgan fingerprint density at radius 3 is 2.53 bits per heavy atom. The molecule has 0 fully saturated rings. The average Bonchev–Trinajstić information content (AvgIpc) is 2.78. The topological polar surface area (TPSA) is 35.2 Å². The molecule has 2 N–H and O–H groups in total. The van der Waals surface area contributed by atoms with Crippen molar-refractivity contribution in [2.45, 2.75) is 12.8 Å². The van der Waals surface area contributed by atoms with Gasteiger partial charge in [0.1, 0.15) is 5.75 Å². The van der Waals surface area contributed by atoms with E-state index >= 15 is 0 Å². The molecular formula is C14H17NOS. The molecule has 0 saturated heterocycles. The summed E-state index contributed by atoms with van der Waals surface area (Å²) in [6.45, 7) is 3.37. The summed E-state index contributed by atoms with van der Waals surface area (Å²) in [5.41, 5.74) is 5.80. The van der Waals surface area contributed by atoms with Crippen LogP contribution in [0.3, 0.4) is 0 Å². The van der Waals surface area contributed by atoms with E-state index in [0.29, 0.717) is 13.2 Å². The molecule has 0 bridgehead atoms. The summed E-state index contributed by atoms with van der Waals surface area (Å²) in [6.07, 6.45) is 0. The van der Waals surface area contributed by atoms with E-state index in [9.17, 15) is 0 Å². The maximum absolute atomic E-state index is 5.80. The number of para-hydroxylation sites is 1. The van der Waals surface area contributed by atoms with E-state index in [2.05, 4.69) is 19.1 Å². The first-order valence-corrected chi connectivity index (χ1v) is 6.55. The second kappa shape index (κ2) is 5.84. The van der Waals surface area contributed by atoms with Crippen molar-refractivity contribution in [1.82, 2.24) is 0 Å². The molecule has 0 radical (unpaired) electrons. The average molecular weight is 247 g/mol. The summed E-state index contributed by atoms with van der Waals surface area (Å²) in [5, 5.41) is 0. The fourth-order valence-electron chi connectivity index (χ4n) is 1.65. The van der Waals surface area contributed by atoms with Crippen molar-refractivity contribution in [3.05, 3.63) is 52.2 Å². The SMILES string of the molecule is Cc1ccc(C(CN)COc2ccccc2)s1. The van der Waals surface area contributed by atoms with Gasteiger partial charge in [-0.05, 0) is 31.2 Å². The lowest BCUT2D eigenvalue weighted by atomic mass is 10.1. The van der Waals surface area contributed by atoms with Crippen molar-refractivity contribution < 1.29 is 4.74 Å². The summed E-state index contributed by atoms with van der Waals surface area (Å²) in [4.78, 5) is 2.62. The van der Waals surface area contributed by atoms with Gasteiger partial charge < -0.3 is 10.5 Å². The van der Waals surface area contributed by atoms with E-state index in [4.69, 9.17) is 10.5 Å². The van der Waals surface area contributed by atoms with Gasteiger partial charge in [0, 0.05) is 22.2 Å². The van der Waals surface area contributed by atoms with Crippen LogP contribution in [-0.2, 0) is 0 Å². The Balaban J connectivity index is 1.97. The third kappa shape index (κ3) is 3.32. The molecule has 0 amide bonds. The van der Waals surface area contributed by atoms with Gasteiger partial charge in [0.15, 0.2) is 0 Å². The minimum Gasteiger partial charge on any atom is -0.493 e. The molecule has 2 nitrogen and oxygen atoms in total. The minimum atomic E-state index is 0.286. The highest BCUT2D eigenvalue weighted by Gasteiger charge is 2.12. The van der Waals surface area contributed by atoms with E-state index in [1.54, 1.807) is 11.3 Å². The Hall–Kier alpha value is -1.32. The quantitative estimate of drug-likeness (QED) is 0.880. The lowest BCUT2D eigenvalue weighted by molar-refractivity contribution is 0.292.